The van der Waals surface area contributed by atoms with Gasteiger partial charge >= 0.3 is 0 Å². The number of rotatable bonds is 2. The van der Waals surface area contributed by atoms with E-state index in [0.717, 1.165) is 14.2 Å². The molecule has 0 aromatic heterocycles. The summed E-state index contributed by atoms with van der Waals surface area (Å²) in [6, 6.07) is 13.3. The minimum Gasteiger partial charge on any atom is -0.494 e. The summed E-state index contributed by atoms with van der Waals surface area (Å²) in [5, 5.41) is 9.24. The molecule has 0 aliphatic carbocycles. The van der Waals surface area contributed by atoms with Gasteiger partial charge in [-0.05, 0) is 46.9 Å². The number of carbonyl (C=O) groups excluding carboxylic acids is 1. The SMILES string of the molecule is COc1c(I)cc(C(=O)N2CSc3ccccc32)cc1C#N. The summed E-state index contributed by atoms with van der Waals surface area (Å²) in [4.78, 5) is 15.6. The minimum absolute atomic E-state index is 0.102. The highest BCUT2D eigenvalue weighted by molar-refractivity contribution is 14.1. The maximum absolute atomic E-state index is 12.8. The summed E-state index contributed by atoms with van der Waals surface area (Å²) < 4.78 is 5.98. The predicted octanol–water partition coefficient (Wildman–Crippen LogP) is 3.88. The van der Waals surface area contributed by atoms with Crippen LogP contribution < -0.4 is 9.64 Å². The first-order chi connectivity index (χ1) is 10.7. The Bertz CT molecular complexity index is 801. The van der Waals surface area contributed by atoms with Gasteiger partial charge < -0.3 is 4.74 Å². The molecular weight excluding hydrogens is 411 g/mol. The molecule has 2 aromatic carbocycles. The average molecular weight is 422 g/mol. The van der Waals surface area contributed by atoms with E-state index in [0.29, 0.717) is 22.8 Å². The fourth-order valence-electron chi connectivity index (χ4n) is 2.34. The number of halogens is 1. The van der Waals surface area contributed by atoms with E-state index in [1.54, 1.807) is 28.8 Å². The lowest BCUT2D eigenvalue weighted by molar-refractivity contribution is 0.0992. The number of anilines is 1. The Morgan fingerprint density at radius 2 is 2.18 bits per heavy atom. The summed E-state index contributed by atoms with van der Waals surface area (Å²) in [5.41, 5.74) is 1.79. The molecule has 110 valence electrons. The summed E-state index contributed by atoms with van der Waals surface area (Å²) in [6.45, 7) is 0. The van der Waals surface area contributed by atoms with Crippen molar-refractivity contribution >= 4 is 45.9 Å². The lowest BCUT2D eigenvalue weighted by Crippen LogP contribution is -2.28. The van der Waals surface area contributed by atoms with E-state index in [4.69, 9.17) is 4.74 Å². The van der Waals surface area contributed by atoms with Crippen molar-refractivity contribution in [1.29, 1.82) is 5.26 Å². The number of nitriles is 1. The molecule has 1 aliphatic rings. The molecule has 3 rings (SSSR count). The van der Waals surface area contributed by atoms with Crippen molar-refractivity contribution in [2.45, 2.75) is 4.90 Å². The summed E-state index contributed by atoms with van der Waals surface area (Å²) in [6.07, 6.45) is 0. The van der Waals surface area contributed by atoms with Crippen molar-refractivity contribution < 1.29 is 9.53 Å². The number of nitrogens with zero attached hydrogens (tertiary/aromatic N) is 2. The molecule has 4 nitrogen and oxygen atoms in total. The molecular formula is C16H11IN2O2S. The van der Waals surface area contributed by atoms with Gasteiger partial charge in [-0.15, -0.1) is 11.8 Å². The lowest BCUT2D eigenvalue weighted by Gasteiger charge is -2.17. The van der Waals surface area contributed by atoms with E-state index in [2.05, 4.69) is 28.7 Å². The fraction of sp³-hybridized carbons (Fsp3) is 0.125. The second-order valence-electron chi connectivity index (χ2n) is 4.63. The van der Waals surface area contributed by atoms with Crippen LogP contribution in [0, 0.1) is 14.9 Å². The molecule has 0 saturated carbocycles. The smallest absolute Gasteiger partial charge is 0.259 e. The van der Waals surface area contributed by atoms with Crippen LogP contribution in [0.4, 0.5) is 5.69 Å². The number of hydrogen-bond donors (Lipinski definition) is 0. The molecule has 0 fully saturated rings. The third-order valence-electron chi connectivity index (χ3n) is 3.37. The average Bonchev–Trinajstić information content (AvgIpc) is 2.97. The molecule has 1 aliphatic heterocycles. The molecule has 0 atom stereocenters. The molecule has 0 bridgehead atoms. The number of ether oxygens (including phenoxy) is 1. The van der Waals surface area contributed by atoms with Gasteiger partial charge in [-0.25, -0.2) is 0 Å². The van der Waals surface area contributed by atoms with E-state index >= 15 is 0 Å². The van der Waals surface area contributed by atoms with Gasteiger partial charge in [-0.2, -0.15) is 5.26 Å². The van der Waals surface area contributed by atoms with Gasteiger partial charge in [-0.3, -0.25) is 9.69 Å². The summed E-state index contributed by atoms with van der Waals surface area (Å²) in [7, 11) is 1.52. The van der Waals surface area contributed by atoms with Gasteiger partial charge in [0.05, 0.1) is 27.8 Å². The molecule has 6 heteroatoms. The Morgan fingerprint density at radius 3 is 2.91 bits per heavy atom. The number of methoxy groups -OCH3 is 1. The van der Waals surface area contributed by atoms with Gasteiger partial charge in [0.15, 0.2) is 0 Å². The van der Waals surface area contributed by atoms with Crippen LogP contribution in [0.25, 0.3) is 0 Å². The van der Waals surface area contributed by atoms with E-state index in [9.17, 15) is 10.1 Å². The third kappa shape index (κ3) is 2.55. The first-order valence-electron chi connectivity index (χ1n) is 6.47. The summed E-state index contributed by atoms with van der Waals surface area (Å²) in [5.74, 6) is 0.994. The normalized spacial score (nSPS) is 12.7. The van der Waals surface area contributed by atoms with Crippen molar-refractivity contribution in [3.05, 3.63) is 51.1 Å². The van der Waals surface area contributed by atoms with Crippen LogP contribution in [-0.2, 0) is 0 Å². The van der Waals surface area contributed by atoms with Crippen LogP contribution in [-0.4, -0.2) is 18.9 Å². The molecule has 0 radical (unpaired) electrons. The Balaban J connectivity index is 2.01. The zero-order valence-electron chi connectivity index (χ0n) is 11.7. The highest BCUT2D eigenvalue weighted by Gasteiger charge is 2.27. The molecule has 0 N–H and O–H groups in total. The van der Waals surface area contributed by atoms with Crippen LogP contribution in [0.1, 0.15) is 15.9 Å². The van der Waals surface area contributed by atoms with Gasteiger partial charge in [0.2, 0.25) is 0 Å². The van der Waals surface area contributed by atoms with Crippen LogP contribution in [0.5, 0.6) is 5.75 Å². The Hall–Kier alpha value is -1.72. The van der Waals surface area contributed by atoms with Crippen LogP contribution in [0.3, 0.4) is 0 Å². The molecule has 22 heavy (non-hydrogen) atoms. The number of fused-ring (bicyclic) bond motifs is 1. The largest absolute Gasteiger partial charge is 0.494 e. The maximum atomic E-state index is 12.8. The quantitative estimate of drug-likeness (QED) is 0.690. The van der Waals surface area contributed by atoms with Crippen LogP contribution in [0.15, 0.2) is 41.3 Å². The minimum atomic E-state index is -0.102. The summed E-state index contributed by atoms with van der Waals surface area (Å²) >= 11 is 3.71. The second kappa shape index (κ2) is 6.18. The first-order valence-corrected chi connectivity index (χ1v) is 8.53. The predicted molar refractivity (Wildman–Crippen MR) is 94.4 cm³/mol. The molecule has 1 amide bonds. The van der Waals surface area contributed by atoms with Crippen molar-refractivity contribution in [2.75, 3.05) is 17.9 Å². The van der Waals surface area contributed by atoms with Crippen LogP contribution in [0.2, 0.25) is 0 Å². The fourth-order valence-corrected chi connectivity index (χ4v) is 4.21. The number of amides is 1. The van der Waals surface area contributed by atoms with Gasteiger partial charge in [0, 0.05) is 10.5 Å². The van der Waals surface area contributed by atoms with Gasteiger partial charge in [0.25, 0.3) is 5.91 Å². The number of para-hydroxylation sites is 1. The Morgan fingerprint density at radius 1 is 1.41 bits per heavy atom. The van der Waals surface area contributed by atoms with Crippen molar-refractivity contribution in [1.82, 2.24) is 0 Å². The Labute approximate surface area is 146 Å². The lowest BCUT2D eigenvalue weighted by atomic mass is 10.1. The van der Waals surface area contributed by atoms with Gasteiger partial charge in [0.1, 0.15) is 11.8 Å². The molecule has 0 saturated heterocycles. The second-order valence-corrected chi connectivity index (χ2v) is 6.77. The first kappa shape index (κ1) is 15.2. The maximum Gasteiger partial charge on any atom is 0.259 e. The third-order valence-corrected chi connectivity index (χ3v) is 5.21. The molecule has 0 unspecified atom stereocenters. The van der Waals surface area contributed by atoms with Crippen molar-refractivity contribution in [3.63, 3.8) is 0 Å². The monoisotopic (exact) mass is 422 g/mol. The number of hydrogen-bond acceptors (Lipinski definition) is 4. The van der Waals surface area contributed by atoms with E-state index < -0.39 is 0 Å². The highest BCUT2D eigenvalue weighted by Crippen LogP contribution is 2.39. The van der Waals surface area contributed by atoms with E-state index in [1.165, 1.54) is 7.11 Å². The van der Waals surface area contributed by atoms with E-state index in [1.807, 2.05) is 24.3 Å². The zero-order valence-corrected chi connectivity index (χ0v) is 14.6. The van der Waals surface area contributed by atoms with Crippen LogP contribution >= 0.6 is 34.4 Å². The molecule has 1 heterocycles. The number of benzene rings is 2. The number of thioether (sulfide) groups is 1. The van der Waals surface area contributed by atoms with Crippen molar-refractivity contribution in [3.8, 4) is 11.8 Å². The molecule has 2 aromatic rings. The highest BCUT2D eigenvalue weighted by atomic mass is 127. The topological polar surface area (TPSA) is 53.3 Å². The van der Waals surface area contributed by atoms with Gasteiger partial charge in [-0.1, -0.05) is 12.1 Å². The zero-order chi connectivity index (χ0) is 15.7. The van der Waals surface area contributed by atoms with Crippen molar-refractivity contribution in [2.24, 2.45) is 0 Å². The number of carbonyl (C=O) groups is 1. The standard InChI is InChI=1S/C16H11IN2O2S/c1-21-15-11(8-18)6-10(7-12(15)17)16(20)19-9-22-14-5-3-2-4-13(14)19/h2-7H,9H2,1H3. The molecule has 0 spiro atoms. The Kier molecular flexibility index (Phi) is 4.27. The van der Waals surface area contributed by atoms with E-state index in [-0.39, 0.29) is 5.91 Å².